The first-order chi connectivity index (χ1) is 8.00. The molecule has 1 aliphatic rings. The van der Waals surface area contributed by atoms with Crippen LogP contribution in [0.2, 0.25) is 0 Å². The Morgan fingerprint density at radius 1 is 1.29 bits per heavy atom. The van der Waals surface area contributed by atoms with Crippen LogP contribution < -0.4 is 0 Å². The molecule has 1 aromatic carbocycles. The maximum Gasteiger partial charge on any atom is 0.230 e. The van der Waals surface area contributed by atoms with E-state index in [2.05, 4.69) is 0 Å². The van der Waals surface area contributed by atoms with Crippen molar-refractivity contribution in [2.45, 2.75) is 11.3 Å². The summed E-state index contributed by atoms with van der Waals surface area (Å²) in [5.41, 5.74) is 3.01. The van der Waals surface area contributed by atoms with Gasteiger partial charge in [-0.15, -0.1) is 0 Å². The van der Waals surface area contributed by atoms with Gasteiger partial charge in [0.05, 0.1) is 0 Å². The Hall–Kier alpha value is -0.0900. The summed E-state index contributed by atoms with van der Waals surface area (Å²) in [6.45, 7) is 1.81. The van der Waals surface area contributed by atoms with Crippen LogP contribution in [0.3, 0.4) is 0 Å². The van der Waals surface area contributed by atoms with Gasteiger partial charge in [0.15, 0.2) is 4.33 Å². The van der Waals surface area contributed by atoms with Crippen LogP contribution >= 0.6 is 44.8 Å². The molecular formula is C12H10Cl2OS2. The highest BCUT2D eigenvalue weighted by Crippen LogP contribution is 2.53. The molecule has 2 rings (SSSR count). The topological polar surface area (TPSA) is 17.1 Å². The summed E-state index contributed by atoms with van der Waals surface area (Å²) < 4.78 is -1.08. The van der Waals surface area contributed by atoms with Crippen LogP contribution in [-0.4, -0.2) is 11.4 Å². The molecule has 0 radical (unpaired) electrons. The smallest absolute Gasteiger partial charge is 0.230 e. The zero-order valence-electron chi connectivity index (χ0n) is 9.29. The van der Waals surface area contributed by atoms with E-state index >= 15 is 0 Å². The molecule has 0 saturated heterocycles. The Morgan fingerprint density at radius 3 is 2.59 bits per heavy atom. The van der Waals surface area contributed by atoms with Gasteiger partial charge in [0.25, 0.3) is 0 Å². The third kappa shape index (κ3) is 2.14. The minimum Gasteiger partial charge on any atom is -0.281 e. The summed E-state index contributed by atoms with van der Waals surface area (Å²) in [6.07, 6.45) is 1.87. The first-order valence-corrected chi connectivity index (χ1v) is 8.25. The lowest BCUT2D eigenvalue weighted by atomic mass is 10.1. The van der Waals surface area contributed by atoms with E-state index in [1.54, 1.807) is 0 Å². The van der Waals surface area contributed by atoms with Gasteiger partial charge in [0, 0.05) is 5.57 Å². The van der Waals surface area contributed by atoms with Crippen molar-refractivity contribution < 1.29 is 4.79 Å². The number of allylic oxidation sites excluding steroid dienone is 1. The lowest BCUT2D eigenvalue weighted by molar-refractivity contribution is -0.106. The van der Waals surface area contributed by atoms with Gasteiger partial charge in [0.1, 0.15) is 0 Å². The molecule has 1 nitrogen and oxygen atoms in total. The Kier molecular flexibility index (Phi) is 3.83. The summed E-state index contributed by atoms with van der Waals surface area (Å²) in [5, 5.41) is 0.00521. The van der Waals surface area contributed by atoms with Crippen LogP contribution in [0.1, 0.15) is 18.1 Å². The SMILES string of the molecule is CSSC(=O)C1=C(C)C(Cl)(Cl)c2ccccc21. The average Bonchev–Trinajstić information content (AvgIpc) is 2.49. The zero-order valence-corrected chi connectivity index (χ0v) is 12.4. The van der Waals surface area contributed by atoms with Crippen molar-refractivity contribution >= 4 is 55.5 Å². The second-order valence-corrected chi connectivity index (χ2v) is 7.36. The monoisotopic (exact) mass is 304 g/mol. The molecule has 0 N–H and O–H groups in total. The van der Waals surface area contributed by atoms with Crippen molar-refractivity contribution in [2.75, 3.05) is 6.26 Å². The molecular weight excluding hydrogens is 295 g/mol. The molecule has 0 heterocycles. The number of halogens is 2. The van der Waals surface area contributed by atoms with E-state index < -0.39 is 4.33 Å². The Labute approximate surface area is 118 Å². The van der Waals surface area contributed by atoms with E-state index in [0.29, 0.717) is 11.1 Å². The van der Waals surface area contributed by atoms with E-state index in [0.717, 1.165) is 11.1 Å². The van der Waals surface area contributed by atoms with Gasteiger partial charge in [-0.1, -0.05) is 58.3 Å². The van der Waals surface area contributed by atoms with Crippen LogP contribution in [0.5, 0.6) is 0 Å². The molecule has 0 bridgehead atoms. The summed E-state index contributed by atoms with van der Waals surface area (Å²) in [4.78, 5) is 12.1. The number of rotatable bonds is 2. The number of fused-ring (bicyclic) bond motifs is 1. The van der Waals surface area contributed by atoms with Crippen molar-refractivity contribution in [1.29, 1.82) is 0 Å². The maximum absolute atomic E-state index is 12.1. The fourth-order valence-corrected chi connectivity index (χ4v) is 3.64. The normalized spacial score (nSPS) is 17.2. The van der Waals surface area contributed by atoms with Gasteiger partial charge in [-0.2, -0.15) is 0 Å². The van der Waals surface area contributed by atoms with Crippen molar-refractivity contribution in [2.24, 2.45) is 0 Å². The Bertz CT molecular complexity index is 509. The first kappa shape index (κ1) is 13.3. The fourth-order valence-electron chi connectivity index (χ4n) is 1.92. The predicted molar refractivity (Wildman–Crippen MR) is 78.5 cm³/mol. The molecule has 90 valence electrons. The molecule has 5 heteroatoms. The van der Waals surface area contributed by atoms with Crippen LogP contribution in [0.25, 0.3) is 5.57 Å². The highest BCUT2D eigenvalue weighted by Gasteiger charge is 2.41. The number of carbonyl (C=O) groups excluding carboxylic acids is 1. The summed E-state index contributed by atoms with van der Waals surface area (Å²) in [5.74, 6) is 0. The summed E-state index contributed by atoms with van der Waals surface area (Å²) in [7, 11) is 2.62. The number of carbonyl (C=O) groups is 1. The third-order valence-electron chi connectivity index (χ3n) is 2.74. The van der Waals surface area contributed by atoms with Crippen LogP contribution in [0.15, 0.2) is 29.8 Å². The minimum atomic E-state index is -1.08. The molecule has 17 heavy (non-hydrogen) atoms. The molecule has 1 aliphatic carbocycles. The molecule has 0 aromatic heterocycles. The van der Waals surface area contributed by atoms with Gasteiger partial charge in [-0.25, -0.2) is 0 Å². The number of alkyl halides is 2. The average molecular weight is 305 g/mol. The molecule has 0 amide bonds. The molecule has 1 aromatic rings. The van der Waals surface area contributed by atoms with Crippen LogP contribution in [0, 0.1) is 0 Å². The second kappa shape index (κ2) is 4.88. The molecule has 0 aliphatic heterocycles. The van der Waals surface area contributed by atoms with Crippen LogP contribution in [0.4, 0.5) is 0 Å². The van der Waals surface area contributed by atoms with Crippen molar-refractivity contribution in [3.63, 3.8) is 0 Å². The van der Waals surface area contributed by atoms with Crippen molar-refractivity contribution in [3.05, 3.63) is 41.0 Å². The van der Waals surface area contributed by atoms with Gasteiger partial charge < -0.3 is 0 Å². The second-order valence-electron chi connectivity index (χ2n) is 3.66. The molecule has 0 fully saturated rings. The largest absolute Gasteiger partial charge is 0.281 e. The summed E-state index contributed by atoms with van der Waals surface area (Å²) in [6, 6.07) is 7.52. The Balaban J connectivity index is 2.58. The van der Waals surface area contributed by atoms with E-state index in [-0.39, 0.29) is 5.12 Å². The number of hydrogen-bond acceptors (Lipinski definition) is 3. The molecule has 0 atom stereocenters. The number of benzene rings is 1. The van der Waals surface area contributed by atoms with E-state index in [1.807, 2.05) is 37.4 Å². The van der Waals surface area contributed by atoms with Crippen molar-refractivity contribution in [3.8, 4) is 0 Å². The van der Waals surface area contributed by atoms with E-state index in [9.17, 15) is 4.79 Å². The fraction of sp³-hybridized carbons (Fsp3) is 0.250. The van der Waals surface area contributed by atoms with Gasteiger partial charge in [-0.3, -0.25) is 4.79 Å². The molecule has 0 spiro atoms. The highest BCUT2D eigenvalue weighted by atomic mass is 35.5. The summed E-state index contributed by atoms with van der Waals surface area (Å²) >= 11 is 12.7. The number of hydrogen-bond donors (Lipinski definition) is 0. The lowest BCUT2D eigenvalue weighted by Crippen LogP contribution is -2.07. The third-order valence-corrected chi connectivity index (χ3v) is 5.19. The standard InChI is InChI=1S/C12H10Cl2OS2/c1-7-10(11(15)17-16-2)8-5-3-4-6-9(8)12(7,13)14/h3-6H,1-2H3. The van der Waals surface area contributed by atoms with Crippen molar-refractivity contribution in [1.82, 2.24) is 0 Å². The maximum atomic E-state index is 12.1. The van der Waals surface area contributed by atoms with E-state index in [1.165, 1.54) is 21.6 Å². The van der Waals surface area contributed by atoms with Crippen LogP contribution in [-0.2, 0) is 9.13 Å². The lowest BCUT2D eigenvalue weighted by Gasteiger charge is -2.15. The Morgan fingerprint density at radius 2 is 1.94 bits per heavy atom. The van der Waals surface area contributed by atoms with Gasteiger partial charge in [-0.05, 0) is 40.7 Å². The minimum absolute atomic E-state index is 0.00521. The first-order valence-electron chi connectivity index (χ1n) is 4.94. The zero-order chi connectivity index (χ0) is 12.6. The molecule has 0 unspecified atom stereocenters. The predicted octanol–water partition coefficient (Wildman–Crippen LogP) is 4.64. The molecule has 0 saturated carbocycles. The highest BCUT2D eigenvalue weighted by molar-refractivity contribution is 8.82. The quantitative estimate of drug-likeness (QED) is 0.585. The van der Waals surface area contributed by atoms with Gasteiger partial charge in [0.2, 0.25) is 5.12 Å². The van der Waals surface area contributed by atoms with E-state index in [4.69, 9.17) is 23.2 Å². The van der Waals surface area contributed by atoms with Gasteiger partial charge >= 0.3 is 0 Å².